The van der Waals surface area contributed by atoms with Crippen LogP contribution in [0.15, 0.2) is 47.8 Å². The highest BCUT2D eigenvalue weighted by Crippen LogP contribution is 2.32. The summed E-state index contributed by atoms with van der Waals surface area (Å²) in [5, 5.41) is 3.01. The first kappa shape index (κ1) is 21.3. The van der Waals surface area contributed by atoms with Crippen molar-refractivity contribution in [3.05, 3.63) is 64.2 Å². The fourth-order valence-electron chi connectivity index (χ4n) is 3.66. The molecule has 1 fully saturated rings. The quantitative estimate of drug-likeness (QED) is 0.580. The topological polar surface area (TPSA) is 54.9 Å². The van der Waals surface area contributed by atoms with E-state index >= 15 is 0 Å². The van der Waals surface area contributed by atoms with Crippen molar-refractivity contribution in [2.24, 2.45) is 0 Å². The van der Waals surface area contributed by atoms with E-state index in [-0.39, 0.29) is 11.7 Å². The maximum atomic E-state index is 13.1. The normalized spacial score (nSPS) is 14.5. The summed E-state index contributed by atoms with van der Waals surface area (Å²) in [6.07, 6.45) is 0. The van der Waals surface area contributed by atoms with Gasteiger partial charge in [0, 0.05) is 37.1 Å². The highest BCUT2D eigenvalue weighted by atomic mass is 32.1. The standard InChI is InChI=1S/C23H24FN3O3S/c1-29-20-5-3-4-18(22(20)30-2)23(28)27-12-10-26(11-13-27)14-21-25-19(15-31-21)16-6-8-17(24)9-7-16/h3-9,15H,10-14H2,1-2H3. The Morgan fingerprint density at radius 3 is 2.48 bits per heavy atom. The molecule has 31 heavy (non-hydrogen) atoms. The molecule has 1 saturated heterocycles. The molecule has 8 heteroatoms. The lowest BCUT2D eigenvalue weighted by atomic mass is 10.1. The number of hydrogen-bond donors (Lipinski definition) is 0. The third-order valence-electron chi connectivity index (χ3n) is 5.34. The van der Waals surface area contributed by atoms with Crippen molar-refractivity contribution >= 4 is 17.2 Å². The van der Waals surface area contributed by atoms with Gasteiger partial charge in [-0.25, -0.2) is 9.37 Å². The summed E-state index contributed by atoms with van der Waals surface area (Å²) in [7, 11) is 3.10. The van der Waals surface area contributed by atoms with Crippen LogP contribution in [-0.4, -0.2) is 61.1 Å². The summed E-state index contributed by atoms with van der Waals surface area (Å²) in [5.41, 5.74) is 2.28. The van der Waals surface area contributed by atoms with Gasteiger partial charge in [-0.15, -0.1) is 11.3 Å². The van der Waals surface area contributed by atoms with Gasteiger partial charge in [0.15, 0.2) is 11.5 Å². The summed E-state index contributed by atoms with van der Waals surface area (Å²) in [4.78, 5) is 21.9. The molecule has 0 spiro atoms. The molecular formula is C23H24FN3O3S. The molecule has 0 unspecified atom stereocenters. The van der Waals surface area contributed by atoms with E-state index in [4.69, 9.17) is 14.5 Å². The largest absolute Gasteiger partial charge is 0.493 e. The van der Waals surface area contributed by atoms with Gasteiger partial charge in [-0.2, -0.15) is 0 Å². The Balaban J connectivity index is 1.36. The summed E-state index contributed by atoms with van der Waals surface area (Å²) in [6.45, 7) is 3.54. The van der Waals surface area contributed by atoms with Gasteiger partial charge in [0.05, 0.1) is 32.0 Å². The molecule has 2 aromatic carbocycles. The number of methoxy groups -OCH3 is 2. The Morgan fingerprint density at radius 2 is 1.81 bits per heavy atom. The molecule has 0 radical (unpaired) electrons. The second-order valence-corrected chi connectivity index (χ2v) is 8.19. The molecule has 162 valence electrons. The van der Waals surface area contributed by atoms with Crippen molar-refractivity contribution in [2.75, 3.05) is 40.4 Å². The first-order valence-electron chi connectivity index (χ1n) is 10.0. The highest BCUT2D eigenvalue weighted by Gasteiger charge is 2.26. The van der Waals surface area contributed by atoms with Crippen molar-refractivity contribution in [3.63, 3.8) is 0 Å². The zero-order chi connectivity index (χ0) is 21.8. The molecule has 6 nitrogen and oxygen atoms in total. The monoisotopic (exact) mass is 441 g/mol. The number of halogens is 1. The fourth-order valence-corrected chi connectivity index (χ4v) is 4.51. The molecule has 0 atom stereocenters. The number of carbonyl (C=O) groups excluding carboxylic acids is 1. The van der Waals surface area contributed by atoms with Gasteiger partial charge < -0.3 is 14.4 Å². The maximum Gasteiger partial charge on any atom is 0.257 e. The van der Waals surface area contributed by atoms with Gasteiger partial charge in [0.2, 0.25) is 0 Å². The number of rotatable bonds is 6. The van der Waals surface area contributed by atoms with Crippen LogP contribution < -0.4 is 9.47 Å². The average molecular weight is 442 g/mol. The van der Waals surface area contributed by atoms with Gasteiger partial charge in [-0.05, 0) is 36.4 Å². The van der Waals surface area contributed by atoms with Crippen LogP contribution in [0.25, 0.3) is 11.3 Å². The van der Waals surface area contributed by atoms with Gasteiger partial charge in [0.25, 0.3) is 5.91 Å². The summed E-state index contributed by atoms with van der Waals surface area (Å²) in [5.74, 6) is 0.711. The Kier molecular flexibility index (Phi) is 6.48. The van der Waals surface area contributed by atoms with Gasteiger partial charge in [-0.1, -0.05) is 6.07 Å². The molecule has 1 aliphatic rings. The van der Waals surface area contributed by atoms with Crippen LogP contribution in [0.2, 0.25) is 0 Å². The Hall–Kier alpha value is -2.97. The van der Waals surface area contributed by atoms with Gasteiger partial charge in [-0.3, -0.25) is 9.69 Å². The van der Waals surface area contributed by atoms with Crippen LogP contribution in [0.1, 0.15) is 15.4 Å². The third-order valence-corrected chi connectivity index (χ3v) is 6.18. The Labute approximate surface area is 184 Å². The Bertz CT molecular complexity index is 1050. The van der Waals surface area contributed by atoms with Crippen LogP contribution in [0.3, 0.4) is 0 Å². The average Bonchev–Trinajstić information content (AvgIpc) is 3.27. The number of carbonyl (C=O) groups is 1. The van der Waals surface area contributed by atoms with E-state index in [9.17, 15) is 9.18 Å². The molecule has 3 aromatic rings. The summed E-state index contributed by atoms with van der Waals surface area (Å²) < 4.78 is 23.9. The number of nitrogens with zero attached hydrogens (tertiary/aromatic N) is 3. The number of ether oxygens (including phenoxy) is 2. The molecule has 0 aliphatic carbocycles. The van der Waals surface area contributed by atoms with Crippen molar-refractivity contribution in [1.29, 1.82) is 0 Å². The lowest BCUT2D eigenvalue weighted by Gasteiger charge is -2.34. The van der Waals surface area contributed by atoms with Crippen LogP contribution in [0.4, 0.5) is 4.39 Å². The number of thiazole rings is 1. The van der Waals surface area contributed by atoms with E-state index in [0.717, 1.165) is 35.9 Å². The number of benzene rings is 2. The number of piperazine rings is 1. The van der Waals surface area contributed by atoms with E-state index in [1.165, 1.54) is 12.1 Å². The van der Waals surface area contributed by atoms with Crippen LogP contribution >= 0.6 is 11.3 Å². The number of hydrogen-bond acceptors (Lipinski definition) is 6. The van der Waals surface area contributed by atoms with E-state index in [1.807, 2.05) is 10.3 Å². The van der Waals surface area contributed by atoms with E-state index in [1.54, 1.807) is 55.9 Å². The van der Waals surface area contributed by atoms with Crippen molar-refractivity contribution in [3.8, 4) is 22.8 Å². The predicted molar refractivity (Wildman–Crippen MR) is 118 cm³/mol. The molecule has 4 rings (SSSR count). The minimum Gasteiger partial charge on any atom is -0.493 e. The number of aromatic nitrogens is 1. The lowest BCUT2D eigenvalue weighted by molar-refractivity contribution is 0.0624. The molecule has 0 bridgehead atoms. The minimum absolute atomic E-state index is 0.0526. The first-order valence-corrected chi connectivity index (χ1v) is 10.9. The van der Waals surface area contributed by atoms with Crippen LogP contribution in [0.5, 0.6) is 11.5 Å². The number of amides is 1. The van der Waals surface area contributed by atoms with Crippen LogP contribution in [0, 0.1) is 5.82 Å². The number of para-hydroxylation sites is 1. The first-order chi connectivity index (χ1) is 15.1. The molecule has 0 saturated carbocycles. The van der Waals surface area contributed by atoms with Gasteiger partial charge >= 0.3 is 0 Å². The second-order valence-electron chi connectivity index (χ2n) is 7.24. The fraction of sp³-hybridized carbons (Fsp3) is 0.304. The van der Waals surface area contributed by atoms with Crippen molar-refractivity contribution < 1.29 is 18.7 Å². The van der Waals surface area contributed by atoms with Gasteiger partial charge in [0.1, 0.15) is 10.8 Å². The SMILES string of the molecule is COc1cccc(C(=O)N2CCN(Cc3nc(-c4ccc(F)cc4)cs3)CC2)c1OC. The van der Waals surface area contributed by atoms with E-state index < -0.39 is 0 Å². The summed E-state index contributed by atoms with van der Waals surface area (Å²) in [6, 6.07) is 11.7. The molecule has 1 aromatic heterocycles. The molecule has 1 aliphatic heterocycles. The molecule has 2 heterocycles. The molecular weight excluding hydrogens is 417 g/mol. The Morgan fingerprint density at radius 1 is 1.06 bits per heavy atom. The highest BCUT2D eigenvalue weighted by molar-refractivity contribution is 7.09. The summed E-state index contributed by atoms with van der Waals surface area (Å²) >= 11 is 1.60. The van der Waals surface area contributed by atoms with Crippen LogP contribution in [-0.2, 0) is 6.54 Å². The zero-order valence-corrected chi connectivity index (χ0v) is 18.3. The zero-order valence-electron chi connectivity index (χ0n) is 17.5. The van der Waals surface area contributed by atoms with E-state index in [0.29, 0.717) is 30.2 Å². The predicted octanol–water partition coefficient (Wildman–Crippen LogP) is 3.92. The maximum absolute atomic E-state index is 13.1. The third kappa shape index (κ3) is 4.70. The second kappa shape index (κ2) is 9.45. The smallest absolute Gasteiger partial charge is 0.257 e. The minimum atomic E-state index is -0.252. The molecule has 0 N–H and O–H groups in total. The lowest BCUT2D eigenvalue weighted by Crippen LogP contribution is -2.48. The van der Waals surface area contributed by atoms with Crippen molar-refractivity contribution in [2.45, 2.75) is 6.54 Å². The van der Waals surface area contributed by atoms with E-state index in [2.05, 4.69) is 4.90 Å². The van der Waals surface area contributed by atoms with Crippen molar-refractivity contribution in [1.82, 2.24) is 14.8 Å². The molecule has 1 amide bonds.